The smallest absolute Gasteiger partial charge is 0.281 e. The van der Waals surface area contributed by atoms with Crippen LogP contribution in [0.15, 0.2) is 42.0 Å². The van der Waals surface area contributed by atoms with Gasteiger partial charge in [0.25, 0.3) is 10.2 Å². The summed E-state index contributed by atoms with van der Waals surface area (Å²) in [7, 11) is -1.81. The number of rotatable bonds is 6. The third-order valence-corrected chi connectivity index (χ3v) is 8.47. The van der Waals surface area contributed by atoms with Crippen LogP contribution in [0.2, 0.25) is 5.02 Å². The summed E-state index contributed by atoms with van der Waals surface area (Å²) in [5.41, 5.74) is 2.75. The predicted octanol–water partition coefficient (Wildman–Crippen LogP) is 2.78. The minimum atomic E-state index is -3.38. The summed E-state index contributed by atoms with van der Waals surface area (Å²) in [6.07, 6.45) is 3.55. The molecule has 4 aromatic rings. The van der Waals surface area contributed by atoms with Crippen LogP contribution >= 0.6 is 22.9 Å². The number of benzene rings is 1. The molecule has 1 aliphatic rings. The van der Waals surface area contributed by atoms with E-state index in [1.165, 1.54) is 19.9 Å². The maximum Gasteiger partial charge on any atom is 0.281 e. The number of likely N-dealkylation sites (N-methyl/N-ethyl adjacent to an activating group) is 1. The maximum atomic E-state index is 12.2. The molecule has 0 amide bonds. The number of imidazole rings is 1. The van der Waals surface area contributed by atoms with Gasteiger partial charge in [-0.25, -0.2) is 15.0 Å². The first kappa shape index (κ1) is 22.0. The molecule has 172 valence electrons. The van der Waals surface area contributed by atoms with E-state index >= 15 is 0 Å². The molecule has 1 saturated heterocycles. The second-order valence-corrected chi connectivity index (χ2v) is 10.8. The normalized spacial score (nSPS) is 16.5. The van der Waals surface area contributed by atoms with Crippen molar-refractivity contribution in [1.29, 1.82) is 0 Å². The number of phenols is 1. The SMILES string of the molecule is CN1CCN(CCNc2nccc(-c3c(-c4ccc(Cl)c(O)c4)nc4sccn34)n2)S1(=O)=O. The van der Waals surface area contributed by atoms with Gasteiger partial charge >= 0.3 is 0 Å². The second kappa shape index (κ2) is 8.54. The highest BCUT2D eigenvalue weighted by Gasteiger charge is 2.33. The average Bonchev–Trinajstić information content (AvgIpc) is 3.45. The molecule has 1 fully saturated rings. The second-order valence-electron chi connectivity index (χ2n) is 7.45. The molecule has 10 nitrogen and oxygen atoms in total. The van der Waals surface area contributed by atoms with Crippen LogP contribution in [0.5, 0.6) is 5.75 Å². The highest BCUT2D eigenvalue weighted by Crippen LogP contribution is 2.36. The Labute approximate surface area is 199 Å². The quantitative estimate of drug-likeness (QED) is 0.414. The first-order valence-electron chi connectivity index (χ1n) is 10.1. The summed E-state index contributed by atoms with van der Waals surface area (Å²) in [6.45, 7) is 1.63. The molecule has 0 atom stereocenters. The number of nitrogens with zero attached hydrogens (tertiary/aromatic N) is 6. The van der Waals surface area contributed by atoms with Gasteiger partial charge < -0.3 is 10.4 Å². The van der Waals surface area contributed by atoms with Crippen molar-refractivity contribution in [2.24, 2.45) is 0 Å². The Bertz CT molecular complexity index is 1440. The Morgan fingerprint density at radius 3 is 2.85 bits per heavy atom. The molecule has 33 heavy (non-hydrogen) atoms. The van der Waals surface area contributed by atoms with Crippen LogP contribution in [0.4, 0.5) is 5.95 Å². The zero-order valence-corrected chi connectivity index (χ0v) is 19.9. The largest absolute Gasteiger partial charge is 0.506 e. The summed E-state index contributed by atoms with van der Waals surface area (Å²) in [6, 6.07) is 6.78. The third-order valence-electron chi connectivity index (χ3n) is 5.41. The molecule has 2 N–H and O–H groups in total. The number of aromatic hydroxyl groups is 1. The van der Waals surface area contributed by atoms with Crippen molar-refractivity contribution in [3.63, 3.8) is 0 Å². The summed E-state index contributed by atoms with van der Waals surface area (Å²) in [4.78, 5) is 14.4. The van der Waals surface area contributed by atoms with Crippen LogP contribution in [0.3, 0.4) is 0 Å². The van der Waals surface area contributed by atoms with Gasteiger partial charge in [0.05, 0.1) is 16.4 Å². The van der Waals surface area contributed by atoms with Crippen molar-refractivity contribution in [1.82, 2.24) is 28.0 Å². The Hall–Kier alpha value is -2.77. The standard InChI is InChI=1S/C20H20ClN7O3S2/c1-26-8-9-27(33(26,30)31)7-6-23-19-22-5-4-15(24-19)18-17(25-20-28(18)10-11-32-20)13-2-3-14(21)16(29)12-13/h2-5,10-12,29H,6-9H2,1H3,(H,22,23,24). The van der Waals surface area contributed by atoms with Crippen molar-refractivity contribution in [3.8, 4) is 28.4 Å². The van der Waals surface area contributed by atoms with Gasteiger partial charge in [-0.05, 0) is 18.2 Å². The number of halogens is 1. The highest BCUT2D eigenvalue weighted by molar-refractivity contribution is 7.87. The fourth-order valence-corrected chi connectivity index (χ4v) is 5.84. The van der Waals surface area contributed by atoms with Gasteiger partial charge in [0.2, 0.25) is 5.95 Å². The molecule has 0 bridgehead atoms. The number of fused-ring (bicyclic) bond motifs is 1. The molecule has 5 rings (SSSR count). The predicted molar refractivity (Wildman–Crippen MR) is 128 cm³/mol. The minimum Gasteiger partial charge on any atom is -0.506 e. The zero-order chi connectivity index (χ0) is 23.2. The lowest BCUT2D eigenvalue weighted by atomic mass is 10.1. The topological polar surface area (TPSA) is 116 Å². The fraction of sp³-hybridized carbons (Fsp3) is 0.250. The van der Waals surface area contributed by atoms with E-state index in [4.69, 9.17) is 16.6 Å². The Balaban J connectivity index is 1.43. The Morgan fingerprint density at radius 2 is 2.09 bits per heavy atom. The first-order chi connectivity index (χ1) is 15.8. The summed E-state index contributed by atoms with van der Waals surface area (Å²) >= 11 is 7.47. The van der Waals surface area contributed by atoms with Crippen molar-refractivity contribution in [3.05, 3.63) is 47.1 Å². The zero-order valence-electron chi connectivity index (χ0n) is 17.5. The van der Waals surface area contributed by atoms with E-state index in [0.29, 0.717) is 49.1 Å². The van der Waals surface area contributed by atoms with Crippen molar-refractivity contribution in [2.75, 3.05) is 38.5 Å². The van der Waals surface area contributed by atoms with E-state index in [1.54, 1.807) is 37.5 Å². The van der Waals surface area contributed by atoms with E-state index in [0.717, 1.165) is 10.7 Å². The molecule has 0 unspecified atom stereocenters. The average molecular weight is 506 g/mol. The number of nitrogens with one attached hydrogen (secondary N) is 1. The lowest BCUT2D eigenvalue weighted by molar-refractivity contribution is 0.459. The third kappa shape index (κ3) is 4.04. The molecule has 1 aliphatic heterocycles. The van der Waals surface area contributed by atoms with Gasteiger partial charge in [0.1, 0.15) is 11.4 Å². The van der Waals surface area contributed by atoms with Gasteiger partial charge in [-0.3, -0.25) is 4.40 Å². The summed E-state index contributed by atoms with van der Waals surface area (Å²) < 4.78 is 29.1. The molecule has 0 saturated carbocycles. The monoisotopic (exact) mass is 505 g/mol. The fourth-order valence-electron chi connectivity index (χ4n) is 3.67. The Kier molecular flexibility index (Phi) is 5.70. The van der Waals surface area contributed by atoms with E-state index in [9.17, 15) is 13.5 Å². The number of anilines is 1. The molecule has 0 aliphatic carbocycles. The molecule has 4 heterocycles. The summed E-state index contributed by atoms with van der Waals surface area (Å²) in [5.74, 6) is 0.358. The molecular weight excluding hydrogens is 486 g/mol. The van der Waals surface area contributed by atoms with Crippen LogP contribution in [-0.2, 0) is 10.2 Å². The van der Waals surface area contributed by atoms with E-state index in [-0.39, 0.29) is 10.8 Å². The number of aromatic nitrogens is 4. The lowest BCUT2D eigenvalue weighted by Gasteiger charge is -2.16. The van der Waals surface area contributed by atoms with E-state index < -0.39 is 10.2 Å². The first-order valence-corrected chi connectivity index (χ1v) is 12.7. The number of hydrogen-bond acceptors (Lipinski definition) is 8. The Morgan fingerprint density at radius 1 is 1.24 bits per heavy atom. The van der Waals surface area contributed by atoms with Crippen LogP contribution in [0, 0.1) is 0 Å². The van der Waals surface area contributed by atoms with Crippen molar-refractivity contribution in [2.45, 2.75) is 0 Å². The van der Waals surface area contributed by atoms with Gasteiger partial charge in [0.15, 0.2) is 4.96 Å². The summed E-state index contributed by atoms with van der Waals surface area (Å²) in [5, 5.41) is 15.4. The minimum absolute atomic E-state index is 0.0241. The van der Waals surface area contributed by atoms with E-state index in [1.807, 2.05) is 16.0 Å². The van der Waals surface area contributed by atoms with Crippen LogP contribution < -0.4 is 5.32 Å². The van der Waals surface area contributed by atoms with Crippen molar-refractivity contribution >= 4 is 44.1 Å². The van der Waals surface area contributed by atoms with Gasteiger partial charge in [-0.1, -0.05) is 17.7 Å². The molecular formula is C20H20ClN7O3S2. The number of thiazole rings is 1. The molecule has 1 aromatic carbocycles. The van der Waals surface area contributed by atoms with Gasteiger partial charge in [0, 0.05) is 56.6 Å². The van der Waals surface area contributed by atoms with Crippen LogP contribution in [0.25, 0.3) is 27.6 Å². The number of hydrogen-bond donors (Lipinski definition) is 2. The van der Waals surface area contributed by atoms with Crippen molar-refractivity contribution < 1.29 is 13.5 Å². The van der Waals surface area contributed by atoms with Gasteiger partial charge in [-0.2, -0.15) is 17.0 Å². The lowest BCUT2D eigenvalue weighted by Crippen LogP contribution is -2.34. The van der Waals surface area contributed by atoms with Crippen LogP contribution in [-0.4, -0.2) is 74.7 Å². The van der Waals surface area contributed by atoms with Crippen LogP contribution in [0.1, 0.15) is 0 Å². The molecule has 3 aromatic heterocycles. The molecule has 0 radical (unpaired) electrons. The van der Waals surface area contributed by atoms with E-state index in [2.05, 4.69) is 15.3 Å². The van der Waals surface area contributed by atoms with Gasteiger partial charge in [-0.15, -0.1) is 11.3 Å². The highest BCUT2D eigenvalue weighted by atomic mass is 35.5. The molecule has 13 heteroatoms. The molecule has 0 spiro atoms. The maximum absolute atomic E-state index is 12.2. The number of phenolic OH excluding ortho intramolecular Hbond substituents is 1.